The van der Waals surface area contributed by atoms with Gasteiger partial charge >= 0.3 is 0 Å². The molecule has 0 aromatic carbocycles. The predicted octanol–water partition coefficient (Wildman–Crippen LogP) is 1.44. The highest BCUT2D eigenvalue weighted by Gasteiger charge is 2.36. The van der Waals surface area contributed by atoms with Crippen LogP contribution in [0.25, 0.3) is 0 Å². The third-order valence-corrected chi connectivity index (χ3v) is 4.92. The Morgan fingerprint density at radius 2 is 2.19 bits per heavy atom. The fraction of sp³-hybridized carbons (Fsp3) is 0.750. The molecule has 0 bridgehead atoms. The van der Waals surface area contributed by atoms with Crippen molar-refractivity contribution >= 4 is 5.91 Å². The quantitative estimate of drug-likeness (QED) is 0.842. The fourth-order valence-electron chi connectivity index (χ4n) is 3.54. The Morgan fingerprint density at radius 1 is 1.38 bits per heavy atom. The number of aryl methyl sites for hydroxylation is 2. The highest BCUT2D eigenvalue weighted by atomic mass is 16.2. The van der Waals surface area contributed by atoms with E-state index in [2.05, 4.69) is 16.9 Å². The van der Waals surface area contributed by atoms with Gasteiger partial charge < -0.3 is 4.90 Å². The van der Waals surface area contributed by atoms with Gasteiger partial charge in [-0.15, -0.1) is 0 Å². The van der Waals surface area contributed by atoms with E-state index in [0.717, 1.165) is 25.1 Å². The molecule has 1 amide bonds. The molecule has 1 unspecified atom stereocenters. The van der Waals surface area contributed by atoms with E-state index in [-0.39, 0.29) is 0 Å². The summed E-state index contributed by atoms with van der Waals surface area (Å²) >= 11 is 0. The topological polar surface area (TPSA) is 41.4 Å². The molecule has 2 fully saturated rings. The van der Waals surface area contributed by atoms with Crippen molar-refractivity contribution in [1.82, 2.24) is 19.6 Å². The van der Waals surface area contributed by atoms with Gasteiger partial charge in [0.1, 0.15) is 0 Å². The molecule has 5 nitrogen and oxygen atoms in total. The molecule has 5 heteroatoms. The number of hydrogen-bond acceptors (Lipinski definition) is 3. The number of carbonyl (C=O) groups excluding carboxylic acids is 1. The normalized spacial score (nSPS) is 24.1. The molecule has 1 aromatic rings. The highest BCUT2D eigenvalue weighted by molar-refractivity contribution is 5.77. The zero-order valence-corrected chi connectivity index (χ0v) is 13.2. The highest BCUT2D eigenvalue weighted by Crippen LogP contribution is 2.24. The van der Waals surface area contributed by atoms with Crippen LogP contribution in [0.3, 0.4) is 0 Å². The number of piperidine rings is 1. The Hall–Kier alpha value is -1.36. The van der Waals surface area contributed by atoms with E-state index in [1.165, 1.54) is 25.8 Å². The molecule has 1 aromatic heterocycles. The van der Waals surface area contributed by atoms with E-state index in [9.17, 15) is 4.79 Å². The molecule has 0 spiro atoms. The maximum atomic E-state index is 12.2. The van der Waals surface area contributed by atoms with Gasteiger partial charge in [-0.3, -0.25) is 14.4 Å². The van der Waals surface area contributed by atoms with E-state index < -0.39 is 0 Å². The molecule has 3 heterocycles. The summed E-state index contributed by atoms with van der Waals surface area (Å²) in [6.45, 7) is 5.39. The lowest BCUT2D eigenvalue weighted by Crippen LogP contribution is -2.63. The SMILES string of the molecule is CC1CCCCN1C1CN(C(=O)CCc2cnn(C)c2)C1. The van der Waals surface area contributed by atoms with Crippen LogP contribution in [0.15, 0.2) is 12.4 Å². The third kappa shape index (κ3) is 3.28. The lowest BCUT2D eigenvalue weighted by molar-refractivity contribution is -0.139. The summed E-state index contributed by atoms with van der Waals surface area (Å²) in [7, 11) is 1.91. The van der Waals surface area contributed by atoms with Gasteiger partial charge in [-0.2, -0.15) is 5.10 Å². The molecule has 0 saturated carbocycles. The number of likely N-dealkylation sites (tertiary alicyclic amines) is 2. The maximum Gasteiger partial charge on any atom is 0.223 e. The summed E-state index contributed by atoms with van der Waals surface area (Å²) in [6.07, 6.45) is 9.23. The number of aromatic nitrogens is 2. The molecule has 0 N–H and O–H groups in total. The monoisotopic (exact) mass is 290 g/mol. The Balaban J connectivity index is 1.42. The molecule has 2 aliphatic rings. The van der Waals surface area contributed by atoms with Crippen molar-refractivity contribution in [2.75, 3.05) is 19.6 Å². The van der Waals surface area contributed by atoms with Crippen molar-refractivity contribution < 1.29 is 4.79 Å². The second-order valence-corrected chi connectivity index (χ2v) is 6.56. The third-order valence-electron chi connectivity index (χ3n) is 4.92. The first-order valence-corrected chi connectivity index (χ1v) is 8.14. The van der Waals surface area contributed by atoms with E-state index in [1.54, 1.807) is 4.68 Å². The van der Waals surface area contributed by atoms with Gasteiger partial charge in [0.05, 0.1) is 6.20 Å². The molecule has 0 aliphatic carbocycles. The van der Waals surface area contributed by atoms with Crippen LogP contribution < -0.4 is 0 Å². The van der Waals surface area contributed by atoms with E-state index >= 15 is 0 Å². The van der Waals surface area contributed by atoms with Gasteiger partial charge in [0, 0.05) is 44.8 Å². The zero-order chi connectivity index (χ0) is 14.8. The summed E-state index contributed by atoms with van der Waals surface area (Å²) in [5, 5.41) is 4.14. The van der Waals surface area contributed by atoms with Crippen molar-refractivity contribution in [3.8, 4) is 0 Å². The lowest BCUT2D eigenvalue weighted by Gasteiger charge is -2.49. The molecule has 116 valence electrons. The molecule has 21 heavy (non-hydrogen) atoms. The summed E-state index contributed by atoms with van der Waals surface area (Å²) in [5.74, 6) is 0.291. The second kappa shape index (κ2) is 6.18. The second-order valence-electron chi connectivity index (χ2n) is 6.56. The van der Waals surface area contributed by atoms with Gasteiger partial charge in [-0.1, -0.05) is 6.42 Å². The molecule has 3 rings (SSSR count). The molecule has 2 aliphatic heterocycles. The van der Waals surface area contributed by atoms with Crippen LogP contribution in [0.2, 0.25) is 0 Å². The maximum absolute atomic E-state index is 12.2. The van der Waals surface area contributed by atoms with Gasteiger partial charge in [-0.05, 0) is 38.3 Å². The molecule has 0 radical (unpaired) electrons. The van der Waals surface area contributed by atoms with Gasteiger partial charge in [0.15, 0.2) is 0 Å². The fourth-order valence-corrected chi connectivity index (χ4v) is 3.54. The minimum atomic E-state index is 0.291. The number of rotatable bonds is 4. The van der Waals surface area contributed by atoms with Crippen molar-refractivity contribution in [2.45, 2.75) is 51.1 Å². The van der Waals surface area contributed by atoms with Gasteiger partial charge in [0.2, 0.25) is 5.91 Å². The smallest absolute Gasteiger partial charge is 0.223 e. The molecular weight excluding hydrogens is 264 g/mol. The largest absolute Gasteiger partial charge is 0.339 e. The van der Waals surface area contributed by atoms with Crippen LogP contribution in [0.4, 0.5) is 0 Å². The summed E-state index contributed by atoms with van der Waals surface area (Å²) in [5.41, 5.74) is 1.15. The van der Waals surface area contributed by atoms with Crippen LogP contribution in [0.5, 0.6) is 0 Å². The minimum Gasteiger partial charge on any atom is -0.339 e. The van der Waals surface area contributed by atoms with E-state index in [4.69, 9.17) is 0 Å². The van der Waals surface area contributed by atoms with Crippen molar-refractivity contribution in [3.05, 3.63) is 18.0 Å². The minimum absolute atomic E-state index is 0.291. The Bertz CT molecular complexity index is 492. The molecular formula is C16H26N4O. The van der Waals surface area contributed by atoms with Crippen LogP contribution in [-0.4, -0.2) is 57.2 Å². The number of amides is 1. The van der Waals surface area contributed by atoms with Gasteiger partial charge in [0.25, 0.3) is 0 Å². The van der Waals surface area contributed by atoms with Crippen molar-refractivity contribution in [3.63, 3.8) is 0 Å². The number of hydrogen-bond donors (Lipinski definition) is 0. The molecule has 1 atom stereocenters. The van der Waals surface area contributed by atoms with Crippen LogP contribution in [0, 0.1) is 0 Å². The first-order valence-electron chi connectivity index (χ1n) is 8.14. The summed E-state index contributed by atoms with van der Waals surface area (Å²) in [4.78, 5) is 16.8. The average molecular weight is 290 g/mol. The van der Waals surface area contributed by atoms with E-state index in [0.29, 0.717) is 24.4 Å². The number of carbonyl (C=O) groups is 1. The Kier molecular flexibility index (Phi) is 4.29. The van der Waals surface area contributed by atoms with Crippen LogP contribution >= 0.6 is 0 Å². The van der Waals surface area contributed by atoms with Gasteiger partial charge in [-0.25, -0.2) is 0 Å². The van der Waals surface area contributed by atoms with Crippen molar-refractivity contribution in [1.29, 1.82) is 0 Å². The first-order chi connectivity index (χ1) is 10.1. The lowest BCUT2D eigenvalue weighted by atomic mass is 9.97. The Labute approximate surface area is 126 Å². The standard InChI is InChI=1S/C16H26N4O/c1-13-5-3-4-8-20(13)15-11-19(12-15)16(21)7-6-14-9-17-18(2)10-14/h9-10,13,15H,3-8,11-12H2,1-2H3. The first kappa shape index (κ1) is 14.6. The zero-order valence-electron chi connectivity index (χ0n) is 13.2. The van der Waals surface area contributed by atoms with Crippen LogP contribution in [-0.2, 0) is 18.3 Å². The number of nitrogens with zero attached hydrogens (tertiary/aromatic N) is 4. The molecule has 2 saturated heterocycles. The van der Waals surface area contributed by atoms with Crippen molar-refractivity contribution in [2.24, 2.45) is 7.05 Å². The summed E-state index contributed by atoms with van der Waals surface area (Å²) < 4.78 is 1.79. The van der Waals surface area contributed by atoms with E-state index in [1.807, 2.05) is 24.3 Å². The summed E-state index contributed by atoms with van der Waals surface area (Å²) in [6, 6.07) is 1.29. The Morgan fingerprint density at radius 3 is 2.86 bits per heavy atom. The predicted molar refractivity (Wildman–Crippen MR) is 81.9 cm³/mol. The average Bonchev–Trinajstić information content (AvgIpc) is 2.83. The van der Waals surface area contributed by atoms with Crippen LogP contribution in [0.1, 0.15) is 38.2 Å².